The normalized spacial score (nSPS) is 12.0. The number of nitrogens with one attached hydrogen (secondary N) is 1. The Kier molecular flexibility index (Phi) is 6.74. The highest BCUT2D eigenvalue weighted by atomic mass is 32.2. The number of anilines is 1. The van der Waals surface area contributed by atoms with E-state index in [1.165, 1.54) is 11.8 Å². The predicted octanol–water partition coefficient (Wildman–Crippen LogP) is 3.73. The van der Waals surface area contributed by atoms with Gasteiger partial charge in [0.05, 0.1) is 5.25 Å². The lowest BCUT2D eigenvalue weighted by molar-refractivity contribution is -0.118. The van der Waals surface area contributed by atoms with Gasteiger partial charge in [-0.1, -0.05) is 31.7 Å². The number of hydrogen-bond donors (Lipinski definition) is 1. The average Bonchev–Trinajstić information content (AvgIpc) is 2.95. The summed E-state index contributed by atoms with van der Waals surface area (Å²) < 4.78 is 1.92. The molecule has 0 radical (unpaired) electrons. The van der Waals surface area contributed by atoms with Gasteiger partial charge in [0.15, 0.2) is 10.9 Å². The molecule has 0 aliphatic heterocycles. The topological polar surface area (TPSA) is 76.9 Å². The fraction of sp³-hybridized carbons (Fsp3) is 0.368. The van der Waals surface area contributed by atoms with Gasteiger partial charge < -0.3 is 9.88 Å². The number of amides is 1. The summed E-state index contributed by atoms with van der Waals surface area (Å²) in [5.74, 6) is 0.647. The maximum Gasteiger partial charge on any atom is 0.226 e. The molecule has 1 aromatic carbocycles. The van der Waals surface area contributed by atoms with E-state index in [4.69, 9.17) is 0 Å². The van der Waals surface area contributed by atoms with Crippen LogP contribution < -0.4 is 5.32 Å². The van der Waals surface area contributed by atoms with Gasteiger partial charge in [-0.25, -0.2) is 0 Å². The van der Waals surface area contributed by atoms with Gasteiger partial charge in [-0.2, -0.15) is 0 Å². The van der Waals surface area contributed by atoms with Crippen LogP contribution in [0.2, 0.25) is 0 Å². The van der Waals surface area contributed by atoms with Crippen LogP contribution in [0.5, 0.6) is 0 Å². The van der Waals surface area contributed by atoms with Crippen LogP contribution in [0.25, 0.3) is 0 Å². The number of aromatic nitrogens is 3. The number of Topliss-reactive ketones (excluding diaryl/α,β-unsaturated/α-hetero) is 1. The highest BCUT2D eigenvalue weighted by molar-refractivity contribution is 8.00. The molecule has 0 saturated carbocycles. The van der Waals surface area contributed by atoms with Crippen molar-refractivity contribution in [3.8, 4) is 0 Å². The second-order valence-corrected chi connectivity index (χ2v) is 7.58. The number of thioether (sulfide) groups is 1. The van der Waals surface area contributed by atoms with Crippen molar-refractivity contribution >= 4 is 29.1 Å². The fourth-order valence-corrected chi connectivity index (χ4v) is 3.22. The Bertz CT molecular complexity index is 796. The largest absolute Gasteiger partial charge is 0.326 e. The van der Waals surface area contributed by atoms with Gasteiger partial charge in [0.1, 0.15) is 5.82 Å². The van der Waals surface area contributed by atoms with E-state index in [1.54, 1.807) is 30.3 Å². The monoisotopic (exact) mass is 372 g/mol. The number of carbonyl (C=O) groups is 2. The van der Waals surface area contributed by atoms with Crippen molar-refractivity contribution in [1.82, 2.24) is 14.8 Å². The van der Waals surface area contributed by atoms with E-state index in [2.05, 4.69) is 22.1 Å². The lowest BCUT2D eigenvalue weighted by Crippen LogP contribution is -2.18. The number of aryl methyl sites for hydroxylation is 1. The Morgan fingerprint density at radius 2 is 1.88 bits per heavy atom. The zero-order valence-corrected chi connectivity index (χ0v) is 16.3. The van der Waals surface area contributed by atoms with E-state index < -0.39 is 0 Å². The maximum absolute atomic E-state index is 12.7. The van der Waals surface area contributed by atoms with Crippen LogP contribution in [0.1, 0.15) is 37.0 Å². The minimum absolute atomic E-state index is 0.00235. The Labute approximate surface area is 158 Å². The minimum atomic E-state index is -0.307. The molecule has 0 bridgehead atoms. The molecule has 1 amide bonds. The Balaban J connectivity index is 2.06. The summed E-state index contributed by atoms with van der Waals surface area (Å²) in [6.07, 6.45) is 1.77. The molecule has 1 aromatic heterocycles. The van der Waals surface area contributed by atoms with Crippen molar-refractivity contribution in [2.24, 2.45) is 5.92 Å². The van der Waals surface area contributed by atoms with Crippen molar-refractivity contribution in [2.45, 2.75) is 44.6 Å². The number of carbonyl (C=O) groups excluding carboxylic acids is 2. The molecule has 0 aliphatic rings. The second kappa shape index (κ2) is 8.80. The molecular formula is C19H24N4O2S. The van der Waals surface area contributed by atoms with Crippen molar-refractivity contribution < 1.29 is 9.59 Å². The summed E-state index contributed by atoms with van der Waals surface area (Å²) in [5.41, 5.74) is 1.28. The van der Waals surface area contributed by atoms with Gasteiger partial charge in [0.2, 0.25) is 5.91 Å². The molecule has 7 heteroatoms. The summed E-state index contributed by atoms with van der Waals surface area (Å²) in [7, 11) is 0. The highest BCUT2D eigenvalue weighted by Gasteiger charge is 2.20. The molecule has 0 saturated heterocycles. The number of benzene rings is 1. The zero-order valence-electron chi connectivity index (χ0n) is 15.5. The third kappa shape index (κ3) is 4.82. The quantitative estimate of drug-likeness (QED) is 0.434. The van der Waals surface area contributed by atoms with Crippen LogP contribution in [0, 0.1) is 12.8 Å². The molecule has 1 heterocycles. The second-order valence-electron chi connectivity index (χ2n) is 6.27. The molecule has 6 nitrogen and oxygen atoms in total. The molecule has 0 aliphatic carbocycles. The fourth-order valence-electron chi connectivity index (χ4n) is 2.24. The summed E-state index contributed by atoms with van der Waals surface area (Å²) in [6.45, 7) is 11.7. The summed E-state index contributed by atoms with van der Waals surface area (Å²) >= 11 is 1.37. The first-order valence-corrected chi connectivity index (χ1v) is 9.34. The highest BCUT2D eigenvalue weighted by Crippen LogP contribution is 2.25. The van der Waals surface area contributed by atoms with Crippen molar-refractivity contribution in [1.29, 1.82) is 0 Å². The molecule has 0 spiro atoms. The summed E-state index contributed by atoms with van der Waals surface area (Å²) in [5, 5.41) is 11.4. The van der Waals surface area contributed by atoms with E-state index in [1.807, 2.05) is 32.3 Å². The number of rotatable bonds is 8. The van der Waals surface area contributed by atoms with Crippen LogP contribution in [-0.2, 0) is 11.3 Å². The molecule has 26 heavy (non-hydrogen) atoms. The SMILES string of the molecule is C=CCn1c(C)nnc1SC(C)C(=O)c1ccc(NC(=O)C(C)C)cc1. The van der Waals surface area contributed by atoms with E-state index in [-0.39, 0.29) is 22.9 Å². The van der Waals surface area contributed by atoms with Crippen molar-refractivity contribution in [3.05, 3.63) is 48.3 Å². The first kappa shape index (κ1) is 19.9. The number of allylic oxidation sites excluding steroid dienone is 1. The van der Waals surface area contributed by atoms with Crippen LogP contribution in [0.4, 0.5) is 5.69 Å². The van der Waals surface area contributed by atoms with Crippen LogP contribution in [-0.4, -0.2) is 31.7 Å². The van der Waals surface area contributed by atoms with Gasteiger partial charge in [0.25, 0.3) is 0 Å². The average molecular weight is 372 g/mol. The van der Waals surface area contributed by atoms with Gasteiger partial charge in [0, 0.05) is 23.7 Å². The molecule has 2 aromatic rings. The molecule has 1 N–H and O–H groups in total. The first-order chi connectivity index (χ1) is 12.3. The lowest BCUT2D eigenvalue weighted by atomic mass is 10.1. The lowest BCUT2D eigenvalue weighted by Gasteiger charge is -2.12. The van der Waals surface area contributed by atoms with Crippen LogP contribution in [0.3, 0.4) is 0 Å². The molecule has 138 valence electrons. The Morgan fingerprint density at radius 3 is 2.46 bits per heavy atom. The number of hydrogen-bond acceptors (Lipinski definition) is 5. The van der Waals surface area contributed by atoms with Crippen LogP contribution >= 0.6 is 11.8 Å². The smallest absolute Gasteiger partial charge is 0.226 e. The van der Waals surface area contributed by atoms with Crippen LogP contribution in [0.15, 0.2) is 42.1 Å². The van der Waals surface area contributed by atoms with E-state index in [0.717, 1.165) is 5.82 Å². The van der Waals surface area contributed by atoms with Gasteiger partial charge in [-0.3, -0.25) is 9.59 Å². The molecule has 0 fully saturated rings. The third-order valence-corrected chi connectivity index (χ3v) is 4.91. The van der Waals surface area contributed by atoms with Crippen molar-refractivity contribution in [3.63, 3.8) is 0 Å². The third-order valence-electron chi connectivity index (χ3n) is 3.83. The van der Waals surface area contributed by atoms with Gasteiger partial charge in [-0.15, -0.1) is 16.8 Å². The maximum atomic E-state index is 12.7. The van der Waals surface area contributed by atoms with Gasteiger partial charge in [-0.05, 0) is 38.1 Å². The first-order valence-electron chi connectivity index (χ1n) is 8.46. The Hall–Kier alpha value is -2.41. The number of ketones is 1. The molecule has 1 unspecified atom stereocenters. The van der Waals surface area contributed by atoms with E-state index in [0.29, 0.717) is 23.0 Å². The predicted molar refractivity (Wildman–Crippen MR) is 105 cm³/mol. The number of nitrogens with zero attached hydrogens (tertiary/aromatic N) is 3. The summed E-state index contributed by atoms with van der Waals surface area (Å²) in [6, 6.07) is 6.95. The van der Waals surface area contributed by atoms with E-state index >= 15 is 0 Å². The Morgan fingerprint density at radius 1 is 1.23 bits per heavy atom. The van der Waals surface area contributed by atoms with Crippen molar-refractivity contribution in [2.75, 3.05) is 5.32 Å². The zero-order chi connectivity index (χ0) is 19.3. The molecule has 2 rings (SSSR count). The minimum Gasteiger partial charge on any atom is -0.326 e. The molecule has 1 atom stereocenters. The van der Waals surface area contributed by atoms with E-state index in [9.17, 15) is 9.59 Å². The molecular weight excluding hydrogens is 348 g/mol. The summed E-state index contributed by atoms with van der Waals surface area (Å²) in [4.78, 5) is 24.4. The van der Waals surface area contributed by atoms with Gasteiger partial charge >= 0.3 is 0 Å². The standard InChI is InChI=1S/C19H24N4O2S/c1-6-11-23-14(5)21-22-19(23)26-13(4)17(24)15-7-9-16(10-8-15)20-18(25)12(2)3/h6-10,12-13H,1,11H2,2-5H3,(H,20,25).